The molecule has 0 bridgehead atoms. The van der Waals surface area contributed by atoms with Crippen LogP contribution in [-0.4, -0.2) is 51.4 Å². The van der Waals surface area contributed by atoms with Crippen molar-refractivity contribution < 1.29 is 23.1 Å². The fourth-order valence-corrected chi connectivity index (χ4v) is 6.32. The molecule has 0 fully saturated rings. The first kappa shape index (κ1) is 27.5. The first-order chi connectivity index (χ1) is 18.1. The third kappa shape index (κ3) is 5.97. The van der Waals surface area contributed by atoms with Gasteiger partial charge in [-0.2, -0.15) is 4.31 Å². The highest BCUT2D eigenvalue weighted by Crippen LogP contribution is 2.35. The van der Waals surface area contributed by atoms with Crippen LogP contribution in [0.5, 0.6) is 5.75 Å². The summed E-state index contributed by atoms with van der Waals surface area (Å²) in [6.45, 7) is 10.7. The number of fused-ring (bicyclic) bond motifs is 1. The van der Waals surface area contributed by atoms with Gasteiger partial charge in [-0.15, -0.1) is 5.10 Å². The second-order valence-corrected chi connectivity index (χ2v) is 11.7. The van der Waals surface area contributed by atoms with Crippen molar-refractivity contribution in [1.82, 2.24) is 19.3 Å². The molecule has 1 aromatic heterocycles. The summed E-state index contributed by atoms with van der Waals surface area (Å²) in [4.78, 5) is 11.9. The van der Waals surface area contributed by atoms with E-state index in [1.807, 2.05) is 45.2 Å². The molecule has 3 aromatic rings. The van der Waals surface area contributed by atoms with Gasteiger partial charge in [-0.05, 0) is 55.0 Å². The van der Waals surface area contributed by atoms with Crippen molar-refractivity contribution in [3.63, 3.8) is 0 Å². The summed E-state index contributed by atoms with van der Waals surface area (Å²) in [7, 11) is -3.84. The number of aromatic nitrogens is 3. The van der Waals surface area contributed by atoms with E-state index in [4.69, 9.17) is 4.74 Å². The maximum Gasteiger partial charge on any atom is 0.303 e. The number of ether oxygens (including phenoxy) is 1. The summed E-state index contributed by atoms with van der Waals surface area (Å²) in [5.41, 5.74) is 3.41. The van der Waals surface area contributed by atoms with Crippen LogP contribution in [0.4, 0.5) is 0 Å². The SMILES string of the molecule is C=C[C@@H]1CN(Cc2cc(C(CC(=O)O)CC(C)c3cn(CC)nn3)ccc2C)S(=O)(=O)c2ccccc2O1. The maximum absolute atomic E-state index is 13.6. The average molecular weight is 539 g/mol. The molecule has 0 radical (unpaired) electrons. The molecule has 2 aromatic carbocycles. The van der Waals surface area contributed by atoms with E-state index in [0.717, 1.165) is 22.4 Å². The van der Waals surface area contributed by atoms with E-state index in [-0.39, 0.29) is 36.2 Å². The number of sulfonamides is 1. The van der Waals surface area contributed by atoms with Gasteiger partial charge < -0.3 is 9.84 Å². The summed E-state index contributed by atoms with van der Waals surface area (Å²) in [6.07, 6.45) is 3.51. The molecular weight excluding hydrogens is 504 g/mol. The molecule has 9 nitrogen and oxygen atoms in total. The van der Waals surface area contributed by atoms with E-state index in [9.17, 15) is 18.3 Å². The fourth-order valence-electron chi connectivity index (χ4n) is 4.77. The van der Waals surface area contributed by atoms with Gasteiger partial charge in [0, 0.05) is 25.2 Å². The first-order valence-electron chi connectivity index (χ1n) is 12.7. The van der Waals surface area contributed by atoms with Gasteiger partial charge in [-0.1, -0.05) is 55.1 Å². The lowest BCUT2D eigenvalue weighted by molar-refractivity contribution is -0.137. The minimum absolute atomic E-state index is 0.00242. The summed E-state index contributed by atoms with van der Waals surface area (Å²) in [6, 6.07) is 12.4. The quantitative estimate of drug-likeness (QED) is 0.378. The lowest BCUT2D eigenvalue weighted by atomic mass is 9.85. The second kappa shape index (κ2) is 11.5. The van der Waals surface area contributed by atoms with Crippen molar-refractivity contribution in [2.24, 2.45) is 0 Å². The molecule has 202 valence electrons. The van der Waals surface area contributed by atoms with Crippen LogP contribution < -0.4 is 4.74 Å². The number of carboxylic acids is 1. The number of hydrogen-bond acceptors (Lipinski definition) is 6. The van der Waals surface area contributed by atoms with E-state index in [2.05, 4.69) is 16.9 Å². The molecule has 0 aliphatic carbocycles. The molecule has 1 N–H and O–H groups in total. The Morgan fingerprint density at radius 3 is 2.74 bits per heavy atom. The van der Waals surface area contributed by atoms with E-state index < -0.39 is 22.1 Å². The highest BCUT2D eigenvalue weighted by molar-refractivity contribution is 7.89. The number of nitrogens with zero attached hydrogens (tertiary/aromatic N) is 4. The van der Waals surface area contributed by atoms with E-state index in [1.165, 1.54) is 4.31 Å². The zero-order chi connectivity index (χ0) is 27.4. The van der Waals surface area contributed by atoms with Gasteiger partial charge in [0.25, 0.3) is 0 Å². The molecule has 38 heavy (non-hydrogen) atoms. The van der Waals surface area contributed by atoms with E-state index in [0.29, 0.717) is 18.7 Å². The van der Waals surface area contributed by atoms with Gasteiger partial charge in [-0.25, -0.2) is 8.42 Å². The van der Waals surface area contributed by atoms with Crippen molar-refractivity contribution in [2.75, 3.05) is 6.54 Å². The molecule has 2 unspecified atom stereocenters. The summed E-state index contributed by atoms with van der Waals surface area (Å²) < 4.78 is 36.3. The van der Waals surface area contributed by atoms with Crippen LogP contribution in [0.1, 0.15) is 60.9 Å². The Bertz CT molecular complexity index is 1420. The van der Waals surface area contributed by atoms with Crippen LogP contribution in [0.15, 0.2) is 66.2 Å². The number of benzene rings is 2. The molecule has 0 spiro atoms. The lowest BCUT2D eigenvalue weighted by Crippen LogP contribution is -2.36. The predicted molar refractivity (Wildman–Crippen MR) is 144 cm³/mol. The van der Waals surface area contributed by atoms with Crippen molar-refractivity contribution in [2.45, 2.75) is 69.5 Å². The van der Waals surface area contributed by atoms with Crippen molar-refractivity contribution >= 4 is 16.0 Å². The van der Waals surface area contributed by atoms with Crippen LogP contribution in [0.2, 0.25) is 0 Å². The number of aliphatic carboxylic acids is 1. The van der Waals surface area contributed by atoms with Crippen molar-refractivity contribution in [3.8, 4) is 5.75 Å². The third-order valence-corrected chi connectivity index (χ3v) is 8.88. The van der Waals surface area contributed by atoms with Gasteiger partial charge in [0.2, 0.25) is 10.0 Å². The zero-order valence-electron chi connectivity index (χ0n) is 21.9. The van der Waals surface area contributed by atoms with Crippen LogP contribution in [-0.2, 0) is 27.9 Å². The number of aryl methyl sites for hydroxylation is 2. The van der Waals surface area contributed by atoms with Gasteiger partial charge in [0.05, 0.1) is 18.7 Å². The summed E-state index contributed by atoms with van der Waals surface area (Å²) >= 11 is 0. The first-order valence-corrected chi connectivity index (χ1v) is 14.2. The molecule has 3 atom stereocenters. The Balaban J connectivity index is 1.65. The molecule has 10 heteroatoms. The molecule has 0 amide bonds. The fraction of sp³-hybridized carbons (Fsp3) is 0.393. The molecular formula is C28H34N4O5S. The topological polar surface area (TPSA) is 115 Å². The molecule has 0 saturated heterocycles. The Morgan fingerprint density at radius 1 is 1.29 bits per heavy atom. The lowest BCUT2D eigenvalue weighted by Gasteiger charge is -2.24. The highest BCUT2D eigenvalue weighted by atomic mass is 32.2. The maximum atomic E-state index is 13.6. The molecule has 1 aliphatic heterocycles. The predicted octanol–water partition coefficient (Wildman–Crippen LogP) is 4.50. The van der Waals surface area contributed by atoms with Gasteiger partial charge in [-0.3, -0.25) is 9.48 Å². The van der Waals surface area contributed by atoms with Crippen LogP contribution in [0, 0.1) is 6.92 Å². The van der Waals surface area contributed by atoms with E-state index in [1.54, 1.807) is 35.0 Å². The molecule has 1 aliphatic rings. The Morgan fingerprint density at radius 2 is 2.05 bits per heavy atom. The van der Waals surface area contributed by atoms with Crippen LogP contribution in [0.25, 0.3) is 0 Å². The highest BCUT2D eigenvalue weighted by Gasteiger charge is 2.34. The number of para-hydroxylation sites is 1. The van der Waals surface area contributed by atoms with Crippen molar-refractivity contribution in [1.29, 1.82) is 0 Å². The monoisotopic (exact) mass is 538 g/mol. The molecule has 2 heterocycles. The number of hydrogen-bond donors (Lipinski definition) is 1. The number of carboxylic acid groups (broad SMARTS) is 1. The normalized spacial score (nSPS) is 18.6. The minimum Gasteiger partial charge on any atom is -0.484 e. The Hall–Kier alpha value is -3.50. The third-order valence-electron chi connectivity index (χ3n) is 7.03. The minimum atomic E-state index is -3.84. The average Bonchev–Trinajstić information content (AvgIpc) is 3.34. The van der Waals surface area contributed by atoms with Gasteiger partial charge in [0.1, 0.15) is 16.7 Å². The standard InChI is InChI=1S/C28H34N4O5S/c1-5-24-17-32(38(35,36)27-10-8-7-9-26(27)37-24)16-23-14-21(12-11-19(23)3)22(15-28(33)34)13-20(4)25-18-31(6-2)30-29-25/h5,7-12,14,18,20,22,24H,1,6,13,15-17H2,2-4H3,(H,33,34)/t20?,22?,24-/m1/s1. The summed E-state index contributed by atoms with van der Waals surface area (Å²) in [5, 5.41) is 18.0. The van der Waals surface area contributed by atoms with Gasteiger partial charge in [0.15, 0.2) is 0 Å². The second-order valence-electron chi connectivity index (χ2n) is 9.75. The van der Waals surface area contributed by atoms with Crippen molar-refractivity contribution in [3.05, 3.63) is 83.7 Å². The van der Waals surface area contributed by atoms with Gasteiger partial charge >= 0.3 is 5.97 Å². The van der Waals surface area contributed by atoms with Crippen LogP contribution >= 0.6 is 0 Å². The molecule has 4 rings (SSSR count). The van der Waals surface area contributed by atoms with E-state index >= 15 is 0 Å². The number of carbonyl (C=O) groups is 1. The van der Waals surface area contributed by atoms with Crippen LogP contribution in [0.3, 0.4) is 0 Å². The largest absolute Gasteiger partial charge is 0.484 e. The summed E-state index contributed by atoms with van der Waals surface area (Å²) in [5.74, 6) is -0.864. The zero-order valence-corrected chi connectivity index (χ0v) is 22.8. The Labute approximate surface area is 223 Å². The molecule has 0 saturated carbocycles. The Kier molecular flexibility index (Phi) is 8.32. The number of rotatable bonds is 10. The smallest absolute Gasteiger partial charge is 0.303 e.